The molecule has 0 radical (unpaired) electrons. The fraction of sp³-hybridized carbons (Fsp3) is 0.440. The van der Waals surface area contributed by atoms with Gasteiger partial charge in [-0.15, -0.1) is 0 Å². The van der Waals surface area contributed by atoms with Crippen LogP contribution in [0.5, 0.6) is 0 Å². The van der Waals surface area contributed by atoms with Crippen LogP contribution >= 0.6 is 0 Å². The van der Waals surface area contributed by atoms with Gasteiger partial charge in [0.15, 0.2) is 0 Å². The standard InChI is InChI=1S/C17H17N.C8H15N/c1-2-18-13-12-14-8-6-7-11-16(14)17(18)15-9-4-3-5-10-15;1-7-6-9-4-2-8(7)3-5-9/h2-11,17H,1,12-13H2;7-8H,2-6H2,1H3. The summed E-state index contributed by atoms with van der Waals surface area (Å²) in [4.78, 5) is 4.93. The topological polar surface area (TPSA) is 6.48 Å². The van der Waals surface area contributed by atoms with Crippen LogP contribution in [-0.4, -0.2) is 36.0 Å². The lowest BCUT2D eigenvalue weighted by Gasteiger charge is -2.43. The highest BCUT2D eigenvalue weighted by molar-refractivity contribution is 5.40. The van der Waals surface area contributed by atoms with Gasteiger partial charge in [-0.3, -0.25) is 0 Å². The van der Waals surface area contributed by atoms with Crippen LogP contribution in [-0.2, 0) is 6.42 Å². The van der Waals surface area contributed by atoms with E-state index in [1.165, 1.54) is 49.2 Å². The number of hydrogen-bond donors (Lipinski definition) is 0. The van der Waals surface area contributed by atoms with Crippen molar-refractivity contribution in [2.24, 2.45) is 11.8 Å². The maximum atomic E-state index is 3.96. The van der Waals surface area contributed by atoms with E-state index in [0.29, 0.717) is 6.04 Å². The minimum Gasteiger partial charge on any atom is -0.367 e. The zero-order chi connectivity index (χ0) is 18.6. The predicted octanol–water partition coefficient (Wildman–Crippen LogP) is 5.13. The SMILES string of the molecule is C=CN1CCc2ccccc2C1c1ccccc1.CC1CN2CCC1CC2. The first-order chi connectivity index (χ1) is 13.3. The number of fused-ring (bicyclic) bond motifs is 4. The second-order valence-electron chi connectivity index (χ2n) is 8.30. The van der Waals surface area contributed by atoms with Crippen molar-refractivity contribution in [3.05, 3.63) is 84.1 Å². The Labute approximate surface area is 164 Å². The summed E-state index contributed by atoms with van der Waals surface area (Å²) in [5.74, 6) is 2.07. The molecular weight excluding hydrogens is 328 g/mol. The fourth-order valence-electron chi connectivity index (χ4n) is 5.05. The Kier molecular flexibility index (Phi) is 5.63. The third kappa shape index (κ3) is 3.96. The quantitative estimate of drug-likeness (QED) is 0.733. The first-order valence-electron chi connectivity index (χ1n) is 10.5. The third-order valence-electron chi connectivity index (χ3n) is 6.65. The van der Waals surface area contributed by atoms with E-state index in [0.717, 1.165) is 24.8 Å². The molecule has 27 heavy (non-hydrogen) atoms. The largest absolute Gasteiger partial charge is 0.367 e. The highest BCUT2D eigenvalue weighted by Gasteiger charge is 2.30. The van der Waals surface area contributed by atoms with Crippen molar-refractivity contribution in [2.75, 3.05) is 26.2 Å². The van der Waals surface area contributed by atoms with Crippen LogP contribution in [0.1, 0.15) is 42.5 Å². The smallest absolute Gasteiger partial charge is 0.0792 e. The summed E-state index contributed by atoms with van der Waals surface area (Å²) in [5, 5.41) is 0. The average Bonchev–Trinajstić information content (AvgIpc) is 2.74. The lowest BCUT2D eigenvalue weighted by Crippen LogP contribution is -2.46. The Balaban J connectivity index is 0.000000167. The van der Waals surface area contributed by atoms with E-state index in [2.05, 4.69) is 77.9 Å². The van der Waals surface area contributed by atoms with E-state index in [-0.39, 0.29) is 0 Å². The lowest BCUT2D eigenvalue weighted by atomic mass is 9.80. The van der Waals surface area contributed by atoms with Gasteiger partial charge in [0, 0.05) is 13.1 Å². The second-order valence-corrected chi connectivity index (χ2v) is 8.30. The van der Waals surface area contributed by atoms with E-state index in [1.54, 1.807) is 0 Å². The Morgan fingerprint density at radius 3 is 2.22 bits per heavy atom. The van der Waals surface area contributed by atoms with Gasteiger partial charge in [0.2, 0.25) is 0 Å². The van der Waals surface area contributed by atoms with Gasteiger partial charge in [0.25, 0.3) is 0 Å². The van der Waals surface area contributed by atoms with Crippen LogP contribution in [0.3, 0.4) is 0 Å². The second kappa shape index (κ2) is 8.31. The summed E-state index contributed by atoms with van der Waals surface area (Å²) in [7, 11) is 0. The minimum absolute atomic E-state index is 0.314. The molecule has 4 aliphatic rings. The molecule has 2 aromatic carbocycles. The summed E-state index contributed by atoms with van der Waals surface area (Å²) >= 11 is 0. The molecule has 4 aliphatic heterocycles. The molecule has 142 valence electrons. The van der Waals surface area contributed by atoms with Crippen LogP contribution in [0.25, 0.3) is 0 Å². The maximum absolute atomic E-state index is 3.96. The van der Waals surface area contributed by atoms with Gasteiger partial charge in [-0.25, -0.2) is 0 Å². The molecule has 2 bridgehead atoms. The number of rotatable bonds is 2. The Morgan fingerprint density at radius 2 is 1.63 bits per heavy atom. The van der Waals surface area contributed by atoms with Gasteiger partial charge in [0.05, 0.1) is 6.04 Å². The third-order valence-corrected chi connectivity index (χ3v) is 6.65. The molecule has 3 saturated heterocycles. The van der Waals surface area contributed by atoms with Crippen LogP contribution in [0.2, 0.25) is 0 Å². The van der Waals surface area contributed by atoms with E-state index in [4.69, 9.17) is 0 Å². The van der Waals surface area contributed by atoms with Gasteiger partial charge < -0.3 is 9.80 Å². The molecule has 3 fully saturated rings. The van der Waals surface area contributed by atoms with Crippen LogP contribution < -0.4 is 0 Å². The van der Waals surface area contributed by atoms with Crippen molar-refractivity contribution in [3.8, 4) is 0 Å². The van der Waals surface area contributed by atoms with E-state index < -0.39 is 0 Å². The fourth-order valence-corrected chi connectivity index (χ4v) is 5.05. The highest BCUT2D eigenvalue weighted by atomic mass is 15.1. The summed E-state index contributed by atoms with van der Waals surface area (Å²) in [6, 6.07) is 19.7. The lowest BCUT2D eigenvalue weighted by molar-refractivity contribution is 0.0603. The monoisotopic (exact) mass is 360 g/mol. The first-order valence-corrected chi connectivity index (χ1v) is 10.5. The zero-order valence-electron chi connectivity index (χ0n) is 16.6. The van der Waals surface area contributed by atoms with Gasteiger partial charge in [0.1, 0.15) is 0 Å². The number of benzene rings is 2. The molecule has 2 unspecified atom stereocenters. The Bertz CT molecular complexity index is 746. The van der Waals surface area contributed by atoms with E-state index in [9.17, 15) is 0 Å². The average molecular weight is 361 g/mol. The number of hydrogen-bond acceptors (Lipinski definition) is 2. The molecule has 0 N–H and O–H groups in total. The molecular formula is C25H32N2. The molecule has 6 rings (SSSR count). The maximum Gasteiger partial charge on any atom is 0.0792 e. The summed E-state index contributed by atoms with van der Waals surface area (Å²) < 4.78 is 0. The molecule has 2 nitrogen and oxygen atoms in total. The van der Waals surface area contributed by atoms with Gasteiger partial charge in [-0.05, 0) is 67.1 Å². The molecule has 0 saturated carbocycles. The van der Waals surface area contributed by atoms with Crippen LogP contribution in [0.15, 0.2) is 67.4 Å². The van der Waals surface area contributed by atoms with Crippen molar-refractivity contribution >= 4 is 0 Å². The minimum atomic E-state index is 0.314. The first kappa shape index (κ1) is 18.3. The van der Waals surface area contributed by atoms with Crippen molar-refractivity contribution in [1.82, 2.24) is 9.80 Å². The highest BCUT2D eigenvalue weighted by Crippen LogP contribution is 2.35. The Morgan fingerprint density at radius 1 is 0.926 bits per heavy atom. The van der Waals surface area contributed by atoms with E-state index >= 15 is 0 Å². The van der Waals surface area contributed by atoms with E-state index in [1.807, 2.05) is 6.20 Å². The molecule has 0 amide bonds. The van der Waals surface area contributed by atoms with Crippen molar-refractivity contribution in [1.29, 1.82) is 0 Å². The van der Waals surface area contributed by atoms with Crippen molar-refractivity contribution < 1.29 is 0 Å². The molecule has 2 aromatic rings. The summed E-state index contributed by atoms with van der Waals surface area (Å²) in [6.45, 7) is 11.5. The van der Waals surface area contributed by atoms with Crippen LogP contribution in [0.4, 0.5) is 0 Å². The molecule has 0 aliphatic carbocycles. The predicted molar refractivity (Wildman–Crippen MR) is 114 cm³/mol. The molecule has 2 heteroatoms. The zero-order valence-corrected chi connectivity index (χ0v) is 16.6. The molecule has 2 atom stereocenters. The molecule has 0 aromatic heterocycles. The Hall–Kier alpha value is -2.06. The van der Waals surface area contributed by atoms with Gasteiger partial charge >= 0.3 is 0 Å². The summed E-state index contributed by atoms with van der Waals surface area (Å²) in [5.41, 5.74) is 4.21. The van der Waals surface area contributed by atoms with Gasteiger partial charge in [-0.2, -0.15) is 0 Å². The van der Waals surface area contributed by atoms with Crippen molar-refractivity contribution in [3.63, 3.8) is 0 Å². The summed E-state index contributed by atoms with van der Waals surface area (Å²) in [6.07, 6.45) is 6.02. The van der Waals surface area contributed by atoms with Crippen molar-refractivity contribution in [2.45, 2.75) is 32.2 Å². The van der Waals surface area contributed by atoms with Crippen LogP contribution in [0, 0.1) is 11.8 Å². The number of nitrogens with zero attached hydrogens (tertiary/aromatic N) is 2. The molecule has 0 spiro atoms. The normalized spacial score (nSPS) is 28.7. The molecule has 4 heterocycles. The van der Waals surface area contributed by atoms with Gasteiger partial charge in [-0.1, -0.05) is 68.1 Å². The number of piperidine rings is 3.